The molecule has 0 aromatic carbocycles. The average molecular weight is 173 g/mol. The maximum Gasteiger partial charge on any atom is 0.0411 e. The molecule has 0 amide bonds. The van der Waals surface area contributed by atoms with Gasteiger partial charge in [-0.2, -0.15) is 12.6 Å². The van der Waals surface area contributed by atoms with Gasteiger partial charge in [0.1, 0.15) is 0 Å². The second-order valence-corrected chi connectivity index (χ2v) is 3.97. The van der Waals surface area contributed by atoms with Crippen molar-refractivity contribution in [3.05, 3.63) is 0 Å². The normalized spacial score (nSPS) is 21.0. The number of hydrogen-bond acceptors (Lipinski definition) is 2. The summed E-state index contributed by atoms with van der Waals surface area (Å²) in [6.07, 6.45) is 7.24. The second-order valence-electron chi connectivity index (χ2n) is 3.68. The molecule has 0 spiro atoms. The number of hydrogen-bond donors (Lipinski definition) is 1. The van der Waals surface area contributed by atoms with Gasteiger partial charge in [-0.25, -0.2) is 0 Å². The van der Waals surface area contributed by atoms with Crippen LogP contribution in [0.4, 0.5) is 0 Å². The van der Waals surface area contributed by atoms with Crippen LogP contribution in [0, 0.1) is 5.92 Å². The fraction of sp³-hybridized carbons (Fsp3) is 1.00. The lowest BCUT2D eigenvalue weighted by molar-refractivity contribution is 0.258. The van der Waals surface area contributed by atoms with Crippen molar-refractivity contribution in [2.24, 2.45) is 5.92 Å². The number of nitrogens with zero attached hydrogens (tertiary/aromatic N) is 1. The van der Waals surface area contributed by atoms with E-state index in [1.165, 1.54) is 38.6 Å². The molecule has 0 aliphatic heterocycles. The van der Waals surface area contributed by atoms with Gasteiger partial charge >= 0.3 is 0 Å². The zero-order valence-electron chi connectivity index (χ0n) is 7.42. The molecule has 1 nitrogen and oxygen atoms in total. The van der Waals surface area contributed by atoms with Crippen molar-refractivity contribution in [2.75, 3.05) is 19.5 Å². The molecular weight excluding hydrogens is 154 g/mol. The Morgan fingerprint density at radius 3 is 2.45 bits per heavy atom. The van der Waals surface area contributed by atoms with Gasteiger partial charge in [0, 0.05) is 12.4 Å². The highest BCUT2D eigenvalue weighted by atomic mass is 32.1. The summed E-state index contributed by atoms with van der Waals surface area (Å²) in [6, 6.07) is 0. The van der Waals surface area contributed by atoms with E-state index in [-0.39, 0.29) is 0 Å². The van der Waals surface area contributed by atoms with E-state index in [2.05, 4.69) is 24.6 Å². The van der Waals surface area contributed by atoms with E-state index in [9.17, 15) is 0 Å². The molecule has 0 saturated heterocycles. The lowest BCUT2D eigenvalue weighted by Crippen LogP contribution is -2.25. The van der Waals surface area contributed by atoms with Gasteiger partial charge in [0.25, 0.3) is 0 Å². The van der Waals surface area contributed by atoms with Crippen molar-refractivity contribution >= 4 is 12.6 Å². The van der Waals surface area contributed by atoms with Gasteiger partial charge in [-0.15, -0.1) is 0 Å². The Balaban J connectivity index is 2.13. The Kier molecular flexibility index (Phi) is 4.31. The van der Waals surface area contributed by atoms with Crippen LogP contribution in [-0.2, 0) is 0 Å². The molecule has 1 aliphatic carbocycles. The summed E-state index contributed by atoms with van der Waals surface area (Å²) < 4.78 is 0. The lowest BCUT2D eigenvalue weighted by Gasteiger charge is -2.25. The highest BCUT2D eigenvalue weighted by molar-refractivity contribution is 7.80. The molecule has 0 aromatic heterocycles. The summed E-state index contributed by atoms with van der Waals surface area (Å²) in [5, 5.41) is 0. The largest absolute Gasteiger partial charge is 0.297 e. The zero-order chi connectivity index (χ0) is 8.10. The van der Waals surface area contributed by atoms with Gasteiger partial charge in [0.05, 0.1) is 0 Å². The maximum atomic E-state index is 4.24. The van der Waals surface area contributed by atoms with Crippen LogP contribution in [0.25, 0.3) is 0 Å². The van der Waals surface area contributed by atoms with E-state index in [0.29, 0.717) is 0 Å². The lowest BCUT2D eigenvalue weighted by atomic mass is 9.89. The fourth-order valence-electron chi connectivity index (χ4n) is 1.87. The van der Waals surface area contributed by atoms with Gasteiger partial charge in [-0.3, -0.25) is 4.90 Å². The maximum absolute atomic E-state index is 4.24. The van der Waals surface area contributed by atoms with Crippen LogP contribution in [0.2, 0.25) is 0 Å². The minimum absolute atomic E-state index is 0.899. The van der Waals surface area contributed by atoms with E-state index in [1.54, 1.807) is 0 Å². The molecule has 11 heavy (non-hydrogen) atoms. The summed E-state index contributed by atoms with van der Waals surface area (Å²) in [5.74, 6) is 1.86. The number of rotatable bonds is 3. The van der Waals surface area contributed by atoms with Crippen LogP contribution in [0.15, 0.2) is 0 Å². The molecule has 0 heterocycles. The quantitative estimate of drug-likeness (QED) is 0.506. The fourth-order valence-corrected chi connectivity index (χ4v) is 1.98. The van der Waals surface area contributed by atoms with Gasteiger partial charge in [0.15, 0.2) is 0 Å². The topological polar surface area (TPSA) is 3.24 Å². The number of thiol groups is 1. The van der Waals surface area contributed by atoms with Crippen molar-refractivity contribution in [1.82, 2.24) is 4.90 Å². The molecule has 0 atom stereocenters. The molecule has 0 bridgehead atoms. The van der Waals surface area contributed by atoms with Gasteiger partial charge in [-0.1, -0.05) is 19.3 Å². The molecule has 0 N–H and O–H groups in total. The SMILES string of the molecule is CN(CS)CC1CCCCC1. The highest BCUT2D eigenvalue weighted by Gasteiger charge is 2.14. The summed E-state index contributed by atoms with van der Waals surface area (Å²) in [6.45, 7) is 1.25. The van der Waals surface area contributed by atoms with Crippen LogP contribution < -0.4 is 0 Å². The minimum Gasteiger partial charge on any atom is -0.297 e. The predicted octanol–water partition coefficient (Wildman–Crippen LogP) is 2.39. The molecule has 1 fully saturated rings. The average Bonchev–Trinajstić information content (AvgIpc) is 2.06. The van der Waals surface area contributed by atoms with E-state index < -0.39 is 0 Å². The first kappa shape index (κ1) is 9.40. The molecule has 0 radical (unpaired) electrons. The first-order valence-corrected chi connectivity index (χ1v) is 5.25. The van der Waals surface area contributed by atoms with Crippen LogP contribution in [0.5, 0.6) is 0 Å². The summed E-state index contributed by atoms with van der Waals surface area (Å²) in [5.41, 5.74) is 0. The van der Waals surface area contributed by atoms with Crippen molar-refractivity contribution in [3.63, 3.8) is 0 Å². The van der Waals surface area contributed by atoms with Crippen LogP contribution >= 0.6 is 12.6 Å². The minimum atomic E-state index is 0.899. The molecular formula is C9H19NS. The second kappa shape index (κ2) is 5.04. The first-order valence-electron chi connectivity index (χ1n) is 4.62. The van der Waals surface area contributed by atoms with Crippen molar-refractivity contribution in [1.29, 1.82) is 0 Å². The van der Waals surface area contributed by atoms with Crippen molar-refractivity contribution < 1.29 is 0 Å². The highest BCUT2D eigenvalue weighted by Crippen LogP contribution is 2.23. The van der Waals surface area contributed by atoms with Gasteiger partial charge in [0.2, 0.25) is 0 Å². The summed E-state index contributed by atoms with van der Waals surface area (Å²) >= 11 is 4.24. The van der Waals surface area contributed by atoms with E-state index in [1.807, 2.05) is 0 Å². The third kappa shape index (κ3) is 3.48. The predicted molar refractivity (Wildman–Crippen MR) is 53.1 cm³/mol. The molecule has 0 unspecified atom stereocenters. The Morgan fingerprint density at radius 1 is 1.27 bits per heavy atom. The third-order valence-electron chi connectivity index (χ3n) is 2.54. The Morgan fingerprint density at radius 2 is 1.91 bits per heavy atom. The summed E-state index contributed by atoms with van der Waals surface area (Å²) in [4.78, 5) is 2.30. The molecule has 0 aromatic rings. The van der Waals surface area contributed by atoms with Crippen LogP contribution in [0.1, 0.15) is 32.1 Å². The molecule has 1 saturated carbocycles. The van der Waals surface area contributed by atoms with Crippen molar-refractivity contribution in [3.8, 4) is 0 Å². The summed E-state index contributed by atoms with van der Waals surface area (Å²) in [7, 11) is 2.15. The Hall–Kier alpha value is 0.310. The Bertz CT molecular complexity index is 99.7. The zero-order valence-corrected chi connectivity index (χ0v) is 8.32. The van der Waals surface area contributed by atoms with Crippen LogP contribution in [0.3, 0.4) is 0 Å². The first-order chi connectivity index (χ1) is 5.33. The van der Waals surface area contributed by atoms with Gasteiger partial charge < -0.3 is 0 Å². The molecule has 1 rings (SSSR count). The van der Waals surface area contributed by atoms with Gasteiger partial charge in [-0.05, 0) is 25.8 Å². The van der Waals surface area contributed by atoms with E-state index in [0.717, 1.165) is 11.8 Å². The smallest absolute Gasteiger partial charge is 0.0411 e. The van der Waals surface area contributed by atoms with Crippen LogP contribution in [-0.4, -0.2) is 24.4 Å². The molecule has 1 aliphatic rings. The monoisotopic (exact) mass is 173 g/mol. The Labute approximate surface area is 75.6 Å². The van der Waals surface area contributed by atoms with Crippen molar-refractivity contribution in [2.45, 2.75) is 32.1 Å². The third-order valence-corrected chi connectivity index (χ3v) is 3.02. The molecule has 66 valence electrons. The van der Waals surface area contributed by atoms with E-state index >= 15 is 0 Å². The standard InChI is InChI=1S/C9H19NS/c1-10(8-11)7-9-5-3-2-4-6-9/h9,11H,2-8H2,1H3. The molecule has 2 heteroatoms. The van der Waals surface area contributed by atoms with E-state index in [4.69, 9.17) is 0 Å².